The van der Waals surface area contributed by atoms with Gasteiger partial charge >= 0.3 is 18.0 Å². The third-order valence-electron chi connectivity index (χ3n) is 2.62. The lowest BCUT2D eigenvalue weighted by Gasteiger charge is -2.25. The summed E-state index contributed by atoms with van der Waals surface area (Å²) in [5.41, 5.74) is -0.609. The number of amides is 1. The van der Waals surface area contributed by atoms with Crippen LogP contribution in [0.3, 0.4) is 0 Å². The molecule has 7 heteroatoms. The van der Waals surface area contributed by atoms with Crippen LogP contribution >= 0.6 is 0 Å². The van der Waals surface area contributed by atoms with Crippen LogP contribution in [0.15, 0.2) is 12.2 Å². The summed E-state index contributed by atoms with van der Waals surface area (Å²) in [6, 6.07) is -0.403. The van der Waals surface area contributed by atoms with Crippen molar-refractivity contribution in [3.63, 3.8) is 0 Å². The fourth-order valence-corrected chi connectivity index (χ4v) is 1.49. The number of carbonyl (C=O) groups is 3. The van der Waals surface area contributed by atoms with Crippen molar-refractivity contribution in [2.24, 2.45) is 5.92 Å². The standard InChI is InChI=1S/C17H29NO6/c1-11(2)13(18-16(21)24-17(5,6)7)10-22-14(19)8-9-15(20)23-12(3)4/h8-9,11-13H,10H2,1-7H3,(H,18,21)/b9-8+/t13-/m0/s1. The molecule has 138 valence electrons. The zero-order valence-electron chi connectivity index (χ0n) is 15.5. The van der Waals surface area contributed by atoms with E-state index in [-0.39, 0.29) is 18.6 Å². The lowest BCUT2D eigenvalue weighted by atomic mass is 10.1. The van der Waals surface area contributed by atoms with Crippen LogP contribution in [-0.4, -0.2) is 42.4 Å². The zero-order valence-corrected chi connectivity index (χ0v) is 15.5. The Hall–Kier alpha value is -2.05. The number of ether oxygens (including phenoxy) is 3. The molecule has 0 saturated heterocycles. The Morgan fingerprint density at radius 2 is 1.54 bits per heavy atom. The minimum absolute atomic E-state index is 0.0280. The second-order valence-corrected chi connectivity index (χ2v) is 6.95. The molecule has 7 nitrogen and oxygen atoms in total. The third-order valence-corrected chi connectivity index (χ3v) is 2.62. The zero-order chi connectivity index (χ0) is 18.9. The summed E-state index contributed by atoms with van der Waals surface area (Å²) in [5, 5.41) is 2.67. The molecule has 0 rings (SSSR count). The summed E-state index contributed by atoms with van der Waals surface area (Å²) in [6.45, 7) is 12.4. The van der Waals surface area contributed by atoms with Gasteiger partial charge in [-0.3, -0.25) is 0 Å². The Kier molecular flexibility index (Phi) is 9.10. The van der Waals surface area contributed by atoms with Gasteiger partial charge < -0.3 is 19.5 Å². The van der Waals surface area contributed by atoms with E-state index in [1.54, 1.807) is 34.6 Å². The monoisotopic (exact) mass is 343 g/mol. The predicted octanol–water partition coefficient (Wildman–Crippen LogP) is 2.59. The van der Waals surface area contributed by atoms with Crippen molar-refractivity contribution in [1.82, 2.24) is 5.32 Å². The first kappa shape index (κ1) is 21.9. The molecule has 0 aliphatic rings. The largest absolute Gasteiger partial charge is 0.460 e. The molecule has 0 aliphatic carbocycles. The van der Waals surface area contributed by atoms with Crippen LogP contribution < -0.4 is 5.32 Å². The van der Waals surface area contributed by atoms with Gasteiger partial charge in [-0.1, -0.05) is 13.8 Å². The molecule has 0 saturated carbocycles. The van der Waals surface area contributed by atoms with Gasteiger partial charge in [0.2, 0.25) is 0 Å². The van der Waals surface area contributed by atoms with Crippen LogP contribution in [0, 0.1) is 5.92 Å². The Morgan fingerprint density at radius 1 is 1.00 bits per heavy atom. The first-order valence-electron chi connectivity index (χ1n) is 7.95. The molecule has 0 aromatic rings. The molecule has 1 N–H and O–H groups in total. The number of nitrogens with one attached hydrogen (secondary N) is 1. The molecular formula is C17H29NO6. The molecule has 0 fully saturated rings. The van der Waals surface area contributed by atoms with Crippen molar-refractivity contribution in [2.75, 3.05) is 6.61 Å². The van der Waals surface area contributed by atoms with Gasteiger partial charge in [-0.15, -0.1) is 0 Å². The molecule has 0 aliphatic heterocycles. The fraction of sp³-hybridized carbons (Fsp3) is 0.706. The van der Waals surface area contributed by atoms with Gasteiger partial charge in [0.05, 0.1) is 12.1 Å². The van der Waals surface area contributed by atoms with Crippen LogP contribution in [0.5, 0.6) is 0 Å². The SMILES string of the molecule is CC(C)OC(=O)/C=C/C(=O)OC[C@H](NC(=O)OC(C)(C)C)C(C)C. The number of carbonyl (C=O) groups excluding carboxylic acids is 3. The topological polar surface area (TPSA) is 90.9 Å². The van der Waals surface area contributed by atoms with E-state index in [0.29, 0.717) is 0 Å². The summed E-state index contributed by atoms with van der Waals surface area (Å²) in [4.78, 5) is 34.7. The van der Waals surface area contributed by atoms with E-state index in [1.165, 1.54) is 0 Å². The van der Waals surface area contributed by atoms with Crippen molar-refractivity contribution in [3.8, 4) is 0 Å². The van der Waals surface area contributed by atoms with Crippen molar-refractivity contribution < 1.29 is 28.6 Å². The lowest BCUT2D eigenvalue weighted by Crippen LogP contribution is -2.44. The van der Waals surface area contributed by atoms with Gasteiger partial charge in [0, 0.05) is 12.2 Å². The van der Waals surface area contributed by atoms with E-state index < -0.39 is 29.7 Å². The molecule has 0 spiro atoms. The third kappa shape index (κ3) is 11.5. The van der Waals surface area contributed by atoms with Gasteiger partial charge in [-0.05, 0) is 40.5 Å². The normalized spacial score (nSPS) is 13.0. The van der Waals surface area contributed by atoms with Gasteiger partial charge in [-0.25, -0.2) is 14.4 Å². The molecule has 1 atom stereocenters. The number of esters is 2. The molecular weight excluding hydrogens is 314 g/mol. The van der Waals surface area contributed by atoms with E-state index in [4.69, 9.17) is 14.2 Å². The molecule has 24 heavy (non-hydrogen) atoms. The van der Waals surface area contributed by atoms with Crippen molar-refractivity contribution in [2.45, 2.75) is 66.2 Å². The van der Waals surface area contributed by atoms with Crippen molar-refractivity contribution in [3.05, 3.63) is 12.2 Å². The average molecular weight is 343 g/mol. The highest BCUT2D eigenvalue weighted by Gasteiger charge is 2.22. The maximum absolute atomic E-state index is 11.8. The highest BCUT2D eigenvalue weighted by atomic mass is 16.6. The van der Waals surface area contributed by atoms with E-state index in [9.17, 15) is 14.4 Å². The van der Waals surface area contributed by atoms with E-state index >= 15 is 0 Å². The van der Waals surface area contributed by atoms with Crippen LogP contribution in [-0.2, 0) is 23.8 Å². The molecule has 1 amide bonds. The molecule has 0 aromatic heterocycles. The summed E-state index contributed by atoms with van der Waals surface area (Å²) in [6.07, 6.45) is 1.17. The minimum atomic E-state index is -0.688. The minimum Gasteiger partial charge on any atom is -0.460 e. The van der Waals surface area contributed by atoms with E-state index in [0.717, 1.165) is 12.2 Å². The highest BCUT2D eigenvalue weighted by Crippen LogP contribution is 2.09. The van der Waals surface area contributed by atoms with Gasteiger partial charge in [0.15, 0.2) is 0 Å². The van der Waals surface area contributed by atoms with Crippen LogP contribution in [0.4, 0.5) is 4.79 Å². The molecule has 0 aromatic carbocycles. The summed E-state index contributed by atoms with van der Waals surface area (Å²) < 4.78 is 15.1. The molecule has 0 heterocycles. The summed E-state index contributed by atoms with van der Waals surface area (Å²) >= 11 is 0. The number of alkyl carbamates (subject to hydrolysis) is 1. The quantitative estimate of drug-likeness (QED) is 0.434. The first-order chi connectivity index (χ1) is 10.9. The smallest absolute Gasteiger partial charge is 0.407 e. The lowest BCUT2D eigenvalue weighted by molar-refractivity contribution is -0.143. The van der Waals surface area contributed by atoms with Crippen LogP contribution in [0.2, 0.25) is 0 Å². The van der Waals surface area contributed by atoms with Gasteiger partial charge in [-0.2, -0.15) is 0 Å². The van der Waals surface area contributed by atoms with Crippen molar-refractivity contribution in [1.29, 1.82) is 0 Å². The Labute approximate surface area is 143 Å². The maximum Gasteiger partial charge on any atom is 0.407 e. The highest BCUT2D eigenvalue weighted by molar-refractivity contribution is 5.91. The van der Waals surface area contributed by atoms with E-state index in [1.807, 2.05) is 13.8 Å². The van der Waals surface area contributed by atoms with Crippen molar-refractivity contribution >= 4 is 18.0 Å². The molecule has 0 radical (unpaired) electrons. The summed E-state index contributed by atoms with van der Waals surface area (Å²) in [5.74, 6) is -1.28. The summed E-state index contributed by atoms with van der Waals surface area (Å²) in [7, 11) is 0. The van der Waals surface area contributed by atoms with Crippen LogP contribution in [0.25, 0.3) is 0 Å². The van der Waals surface area contributed by atoms with E-state index in [2.05, 4.69) is 5.32 Å². The Balaban J connectivity index is 4.44. The fourth-order valence-electron chi connectivity index (χ4n) is 1.49. The second kappa shape index (κ2) is 9.95. The van der Waals surface area contributed by atoms with Gasteiger partial charge in [0.1, 0.15) is 12.2 Å². The molecule has 0 bridgehead atoms. The van der Waals surface area contributed by atoms with Crippen LogP contribution in [0.1, 0.15) is 48.5 Å². The first-order valence-corrected chi connectivity index (χ1v) is 7.95. The predicted molar refractivity (Wildman–Crippen MR) is 89.3 cm³/mol. The average Bonchev–Trinajstić information content (AvgIpc) is 2.37. The van der Waals surface area contributed by atoms with Gasteiger partial charge in [0.25, 0.3) is 0 Å². The Morgan fingerprint density at radius 3 is 2.00 bits per heavy atom. The number of hydrogen-bond donors (Lipinski definition) is 1. The second-order valence-electron chi connectivity index (χ2n) is 6.95. The number of rotatable bonds is 7. The maximum atomic E-state index is 11.8. The number of hydrogen-bond acceptors (Lipinski definition) is 6. The molecule has 0 unspecified atom stereocenters. The Bertz CT molecular complexity index is 462.